The second-order valence-corrected chi connectivity index (χ2v) is 5.99. The Kier molecular flexibility index (Phi) is 6.50. The molecule has 1 atom stereocenters. The van der Waals surface area contributed by atoms with Crippen molar-refractivity contribution >= 4 is 11.6 Å². The Labute approximate surface area is 137 Å². The topological polar surface area (TPSA) is 55.8 Å². The molecule has 0 aromatic heterocycles. The number of benzene rings is 1. The highest BCUT2D eigenvalue weighted by Crippen LogP contribution is 2.21. The summed E-state index contributed by atoms with van der Waals surface area (Å²) in [6, 6.07) is 4.26. The van der Waals surface area contributed by atoms with Gasteiger partial charge in [0.2, 0.25) is 5.91 Å². The van der Waals surface area contributed by atoms with Crippen LogP contribution in [0, 0.1) is 5.82 Å². The lowest BCUT2D eigenvalue weighted by atomic mass is 10.1. The number of hydrogen-bond acceptors (Lipinski definition) is 4. The molecule has 1 aliphatic rings. The summed E-state index contributed by atoms with van der Waals surface area (Å²) in [6.07, 6.45) is -0.491. The van der Waals surface area contributed by atoms with E-state index in [0.717, 1.165) is 39.3 Å². The van der Waals surface area contributed by atoms with Crippen molar-refractivity contribution in [1.82, 2.24) is 9.80 Å². The van der Waals surface area contributed by atoms with Gasteiger partial charge in [0.05, 0.1) is 6.10 Å². The van der Waals surface area contributed by atoms with E-state index in [2.05, 4.69) is 22.0 Å². The van der Waals surface area contributed by atoms with Gasteiger partial charge in [-0.05, 0) is 31.7 Å². The third kappa shape index (κ3) is 5.27. The van der Waals surface area contributed by atoms with Crippen molar-refractivity contribution in [2.45, 2.75) is 26.4 Å². The van der Waals surface area contributed by atoms with Gasteiger partial charge in [-0.3, -0.25) is 4.79 Å². The summed E-state index contributed by atoms with van der Waals surface area (Å²) in [6.45, 7) is 9.54. The quantitative estimate of drug-likeness (QED) is 0.839. The zero-order chi connectivity index (χ0) is 16.8. The molecule has 1 heterocycles. The SMILES string of the molecule is CCN1CCN(CCC(=O)Nc2ccc(F)c([C@H](C)O)c2)CC1. The highest BCUT2D eigenvalue weighted by atomic mass is 19.1. The Bertz CT molecular complexity index is 529. The van der Waals surface area contributed by atoms with Gasteiger partial charge in [-0.25, -0.2) is 4.39 Å². The summed E-state index contributed by atoms with van der Waals surface area (Å²) in [4.78, 5) is 16.7. The molecule has 1 aliphatic heterocycles. The largest absolute Gasteiger partial charge is 0.389 e. The monoisotopic (exact) mass is 323 g/mol. The first kappa shape index (κ1) is 17.8. The Morgan fingerprint density at radius 1 is 1.30 bits per heavy atom. The molecule has 2 N–H and O–H groups in total. The van der Waals surface area contributed by atoms with Crippen LogP contribution in [0.15, 0.2) is 18.2 Å². The van der Waals surface area contributed by atoms with Crippen LogP contribution >= 0.6 is 0 Å². The molecule has 0 saturated carbocycles. The molecular weight excluding hydrogens is 297 g/mol. The first-order valence-corrected chi connectivity index (χ1v) is 8.21. The van der Waals surface area contributed by atoms with Crippen molar-refractivity contribution in [3.05, 3.63) is 29.6 Å². The molecule has 1 fully saturated rings. The number of piperazine rings is 1. The fourth-order valence-electron chi connectivity index (χ4n) is 2.75. The van der Waals surface area contributed by atoms with E-state index in [1.54, 1.807) is 0 Å². The summed E-state index contributed by atoms with van der Waals surface area (Å²) < 4.78 is 13.5. The van der Waals surface area contributed by atoms with E-state index < -0.39 is 11.9 Å². The standard InChI is InChI=1S/C17H26FN3O2/c1-3-20-8-10-21(11-9-20)7-6-17(23)19-14-4-5-16(18)15(12-14)13(2)22/h4-5,12-13,22H,3,6-11H2,1-2H3,(H,19,23)/t13-/m0/s1. The van der Waals surface area contributed by atoms with Crippen molar-refractivity contribution in [2.75, 3.05) is 44.6 Å². The zero-order valence-corrected chi connectivity index (χ0v) is 13.9. The van der Waals surface area contributed by atoms with Crippen LogP contribution in [0.1, 0.15) is 31.9 Å². The molecule has 1 amide bonds. The number of rotatable bonds is 6. The van der Waals surface area contributed by atoms with E-state index in [1.165, 1.54) is 25.1 Å². The number of aliphatic hydroxyl groups excluding tert-OH is 1. The van der Waals surface area contributed by atoms with Crippen molar-refractivity contribution in [3.63, 3.8) is 0 Å². The van der Waals surface area contributed by atoms with Crippen LogP contribution in [-0.2, 0) is 4.79 Å². The number of aliphatic hydroxyl groups is 1. The molecule has 6 heteroatoms. The Morgan fingerprint density at radius 3 is 2.57 bits per heavy atom. The highest BCUT2D eigenvalue weighted by Gasteiger charge is 2.16. The maximum atomic E-state index is 13.5. The molecule has 0 radical (unpaired) electrons. The summed E-state index contributed by atoms with van der Waals surface area (Å²) >= 11 is 0. The van der Waals surface area contributed by atoms with Gasteiger partial charge in [-0.2, -0.15) is 0 Å². The molecule has 128 valence electrons. The number of hydrogen-bond donors (Lipinski definition) is 2. The summed E-state index contributed by atoms with van der Waals surface area (Å²) in [5.41, 5.74) is 0.710. The van der Waals surface area contributed by atoms with Gasteiger partial charge >= 0.3 is 0 Å². The summed E-state index contributed by atoms with van der Waals surface area (Å²) in [7, 11) is 0. The summed E-state index contributed by atoms with van der Waals surface area (Å²) in [5, 5.41) is 12.3. The Hall–Kier alpha value is -1.50. The molecule has 2 rings (SSSR count). The zero-order valence-electron chi connectivity index (χ0n) is 13.9. The van der Waals surface area contributed by atoms with E-state index >= 15 is 0 Å². The molecule has 1 aromatic rings. The second kappa shape index (κ2) is 8.38. The lowest BCUT2D eigenvalue weighted by molar-refractivity contribution is -0.116. The molecule has 23 heavy (non-hydrogen) atoms. The van der Waals surface area contributed by atoms with E-state index in [4.69, 9.17) is 0 Å². The van der Waals surface area contributed by atoms with Gasteiger partial charge in [0.25, 0.3) is 0 Å². The molecule has 0 aliphatic carbocycles. The van der Waals surface area contributed by atoms with Gasteiger partial charge in [-0.1, -0.05) is 6.92 Å². The molecule has 1 aromatic carbocycles. The highest BCUT2D eigenvalue weighted by molar-refractivity contribution is 5.90. The Balaban J connectivity index is 1.80. The van der Waals surface area contributed by atoms with Crippen molar-refractivity contribution in [3.8, 4) is 0 Å². The van der Waals surface area contributed by atoms with Crippen molar-refractivity contribution in [2.24, 2.45) is 0 Å². The van der Waals surface area contributed by atoms with E-state index in [1.807, 2.05) is 0 Å². The van der Waals surface area contributed by atoms with Crippen LogP contribution in [0.4, 0.5) is 10.1 Å². The number of nitrogens with zero attached hydrogens (tertiary/aromatic N) is 2. The van der Waals surface area contributed by atoms with Crippen LogP contribution in [0.3, 0.4) is 0 Å². The fourth-order valence-corrected chi connectivity index (χ4v) is 2.75. The molecule has 5 nitrogen and oxygen atoms in total. The van der Waals surface area contributed by atoms with Crippen molar-refractivity contribution < 1.29 is 14.3 Å². The Morgan fingerprint density at radius 2 is 1.96 bits per heavy atom. The number of halogens is 1. The lowest BCUT2D eigenvalue weighted by Gasteiger charge is -2.33. The number of anilines is 1. The van der Waals surface area contributed by atoms with Gasteiger partial charge in [0, 0.05) is 50.4 Å². The predicted octanol–water partition coefficient (Wildman–Crippen LogP) is 1.85. The fraction of sp³-hybridized carbons (Fsp3) is 0.588. The lowest BCUT2D eigenvalue weighted by Crippen LogP contribution is -2.46. The number of nitrogens with one attached hydrogen (secondary N) is 1. The van der Waals surface area contributed by atoms with E-state index in [0.29, 0.717) is 12.1 Å². The van der Waals surface area contributed by atoms with E-state index in [-0.39, 0.29) is 11.5 Å². The van der Waals surface area contributed by atoms with Gasteiger partial charge in [0.15, 0.2) is 0 Å². The van der Waals surface area contributed by atoms with Gasteiger partial charge in [-0.15, -0.1) is 0 Å². The average Bonchev–Trinajstić information content (AvgIpc) is 2.55. The minimum atomic E-state index is -0.901. The minimum absolute atomic E-state index is 0.0916. The van der Waals surface area contributed by atoms with Crippen LogP contribution < -0.4 is 5.32 Å². The smallest absolute Gasteiger partial charge is 0.225 e. The molecule has 1 saturated heterocycles. The molecular formula is C17H26FN3O2. The third-order valence-corrected chi connectivity index (χ3v) is 4.30. The molecule has 0 spiro atoms. The number of carbonyl (C=O) groups excluding carboxylic acids is 1. The number of carbonyl (C=O) groups is 1. The number of amides is 1. The van der Waals surface area contributed by atoms with Crippen molar-refractivity contribution in [1.29, 1.82) is 0 Å². The predicted molar refractivity (Wildman–Crippen MR) is 88.8 cm³/mol. The molecule has 0 unspecified atom stereocenters. The van der Waals surface area contributed by atoms with E-state index in [9.17, 15) is 14.3 Å². The van der Waals surface area contributed by atoms with Gasteiger partial charge < -0.3 is 20.2 Å². The average molecular weight is 323 g/mol. The van der Waals surface area contributed by atoms with Crippen LogP contribution in [-0.4, -0.2) is 60.1 Å². The minimum Gasteiger partial charge on any atom is -0.389 e. The normalized spacial score (nSPS) is 17.9. The first-order chi connectivity index (χ1) is 11.0. The number of likely N-dealkylation sites (N-methyl/N-ethyl adjacent to an activating group) is 1. The van der Waals surface area contributed by atoms with Crippen LogP contribution in [0.2, 0.25) is 0 Å². The second-order valence-electron chi connectivity index (χ2n) is 5.99. The maximum absolute atomic E-state index is 13.5. The van der Waals surface area contributed by atoms with Crippen LogP contribution in [0.25, 0.3) is 0 Å². The van der Waals surface area contributed by atoms with Gasteiger partial charge in [0.1, 0.15) is 5.82 Å². The van der Waals surface area contributed by atoms with Crippen LogP contribution in [0.5, 0.6) is 0 Å². The molecule has 0 bridgehead atoms. The third-order valence-electron chi connectivity index (χ3n) is 4.30. The first-order valence-electron chi connectivity index (χ1n) is 8.21. The maximum Gasteiger partial charge on any atom is 0.225 e. The summed E-state index contributed by atoms with van der Waals surface area (Å²) in [5.74, 6) is -0.558.